The molecule has 4 heteroatoms. The van der Waals surface area contributed by atoms with Crippen molar-refractivity contribution in [3.05, 3.63) is 58.7 Å². The molecule has 0 saturated heterocycles. The Morgan fingerprint density at radius 3 is 1.55 bits per heavy atom. The number of benzene rings is 2. The molecule has 106 valence electrons. The van der Waals surface area contributed by atoms with E-state index in [1.807, 2.05) is 30.3 Å². The first kappa shape index (κ1) is 14.7. The van der Waals surface area contributed by atoms with Gasteiger partial charge in [0.05, 0.1) is 26.4 Å². The van der Waals surface area contributed by atoms with Crippen LogP contribution in [0.1, 0.15) is 22.3 Å². The summed E-state index contributed by atoms with van der Waals surface area (Å²) in [4.78, 5) is 0. The van der Waals surface area contributed by atoms with E-state index in [-0.39, 0.29) is 26.4 Å². The van der Waals surface area contributed by atoms with Crippen LogP contribution in [0.2, 0.25) is 0 Å². The first-order valence-corrected chi connectivity index (χ1v) is 6.42. The van der Waals surface area contributed by atoms with E-state index < -0.39 is 0 Å². The minimum Gasteiger partial charge on any atom is -0.392 e. The van der Waals surface area contributed by atoms with Crippen molar-refractivity contribution in [2.75, 3.05) is 0 Å². The molecule has 4 nitrogen and oxygen atoms in total. The van der Waals surface area contributed by atoms with E-state index in [0.29, 0.717) is 27.8 Å². The van der Waals surface area contributed by atoms with Crippen LogP contribution in [0.3, 0.4) is 0 Å². The maximum absolute atomic E-state index is 9.62. The van der Waals surface area contributed by atoms with Crippen molar-refractivity contribution in [2.45, 2.75) is 26.4 Å². The number of aliphatic hydroxyl groups excluding tert-OH is 4. The van der Waals surface area contributed by atoms with Gasteiger partial charge in [-0.05, 0) is 33.4 Å². The van der Waals surface area contributed by atoms with Gasteiger partial charge >= 0.3 is 0 Å². The Balaban J connectivity index is 2.80. The molecule has 2 aromatic carbocycles. The van der Waals surface area contributed by atoms with Crippen LogP contribution < -0.4 is 0 Å². The number of hydrogen-bond acceptors (Lipinski definition) is 4. The SMILES string of the molecule is OCc1cc(CO)c(CO)c(-c2ccccc2)c1CO. The van der Waals surface area contributed by atoms with Crippen LogP contribution in [0.4, 0.5) is 0 Å². The van der Waals surface area contributed by atoms with E-state index in [1.54, 1.807) is 6.07 Å². The molecule has 0 fully saturated rings. The Labute approximate surface area is 117 Å². The summed E-state index contributed by atoms with van der Waals surface area (Å²) in [6.07, 6.45) is 0. The van der Waals surface area contributed by atoms with Crippen LogP contribution in [0.15, 0.2) is 36.4 Å². The Hall–Kier alpha value is -1.72. The van der Waals surface area contributed by atoms with Gasteiger partial charge in [-0.3, -0.25) is 0 Å². The third-order valence-electron chi connectivity index (χ3n) is 3.45. The van der Waals surface area contributed by atoms with Gasteiger partial charge in [0, 0.05) is 0 Å². The summed E-state index contributed by atoms with van der Waals surface area (Å²) in [6, 6.07) is 11.0. The first-order valence-electron chi connectivity index (χ1n) is 6.42. The lowest BCUT2D eigenvalue weighted by molar-refractivity contribution is 0.251. The quantitative estimate of drug-likeness (QED) is 0.663. The highest BCUT2D eigenvalue weighted by Gasteiger charge is 2.17. The fourth-order valence-electron chi connectivity index (χ4n) is 2.48. The third-order valence-corrected chi connectivity index (χ3v) is 3.45. The van der Waals surface area contributed by atoms with Crippen molar-refractivity contribution in [2.24, 2.45) is 0 Å². The van der Waals surface area contributed by atoms with Gasteiger partial charge in [0.1, 0.15) is 0 Å². The van der Waals surface area contributed by atoms with E-state index in [4.69, 9.17) is 0 Å². The molecule has 0 aromatic heterocycles. The predicted molar refractivity (Wildman–Crippen MR) is 75.6 cm³/mol. The molecule has 20 heavy (non-hydrogen) atoms. The van der Waals surface area contributed by atoms with Crippen molar-refractivity contribution in [1.29, 1.82) is 0 Å². The lowest BCUT2D eigenvalue weighted by atomic mass is 9.88. The third kappa shape index (κ3) is 2.59. The van der Waals surface area contributed by atoms with Gasteiger partial charge in [0.25, 0.3) is 0 Å². The molecule has 0 spiro atoms. The zero-order valence-corrected chi connectivity index (χ0v) is 11.1. The Bertz CT molecular complexity index is 549. The molecule has 0 aliphatic carbocycles. The highest BCUT2D eigenvalue weighted by molar-refractivity contribution is 5.73. The van der Waals surface area contributed by atoms with Crippen molar-refractivity contribution in [3.63, 3.8) is 0 Å². The summed E-state index contributed by atoms with van der Waals surface area (Å²) in [7, 11) is 0. The summed E-state index contributed by atoms with van der Waals surface area (Å²) in [5, 5.41) is 38.1. The molecule has 0 atom stereocenters. The normalized spacial score (nSPS) is 10.8. The standard InChI is InChI=1S/C16H18O4/c17-7-12-6-13(8-18)15(10-20)16(14(12)9-19)11-4-2-1-3-5-11/h1-6,17-20H,7-10H2. The minimum absolute atomic E-state index is 0.228. The Kier molecular flexibility index (Phi) is 4.87. The van der Waals surface area contributed by atoms with Crippen LogP contribution in [-0.4, -0.2) is 20.4 Å². The van der Waals surface area contributed by atoms with Gasteiger partial charge in [-0.1, -0.05) is 36.4 Å². The zero-order chi connectivity index (χ0) is 14.5. The van der Waals surface area contributed by atoms with Gasteiger partial charge < -0.3 is 20.4 Å². The fourth-order valence-corrected chi connectivity index (χ4v) is 2.48. The lowest BCUT2D eigenvalue weighted by Crippen LogP contribution is -2.06. The van der Waals surface area contributed by atoms with Gasteiger partial charge in [-0.2, -0.15) is 0 Å². The van der Waals surface area contributed by atoms with Gasteiger partial charge in [-0.15, -0.1) is 0 Å². The Morgan fingerprint density at radius 1 is 0.650 bits per heavy atom. The molecule has 0 saturated carbocycles. The van der Waals surface area contributed by atoms with Crippen molar-refractivity contribution >= 4 is 0 Å². The molecule has 2 rings (SSSR count). The van der Waals surface area contributed by atoms with Crippen molar-refractivity contribution < 1.29 is 20.4 Å². The molecule has 0 aliphatic heterocycles. The zero-order valence-electron chi connectivity index (χ0n) is 11.1. The predicted octanol–water partition coefficient (Wildman–Crippen LogP) is 1.32. The topological polar surface area (TPSA) is 80.9 Å². The van der Waals surface area contributed by atoms with Crippen LogP contribution in [-0.2, 0) is 26.4 Å². The largest absolute Gasteiger partial charge is 0.392 e. The monoisotopic (exact) mass is 274 g/mol. The fraction of sp³-hybridized carbons (Fsp3) is 0.250. The number of rotatable bonds is 5. The molecule has 0 amide bonds. The summed E-state index contributed by atoms with van der Waals surface area (Å²) in [5.74, 6) is 0. The second-order valence-corrected chi connectivity index (χ2v) is 4.53. The molecular weight excluding hydrogens is 256 g/mol. The molecule has 0 bridgehead atoms. The molecule has 4 N–H and O–H groups in total. The van der Waals surface area contributed by atoms with Gasteiger partial charge in [0.2, 0.25) is 0 Å². The molecular formula is C16H18O4. The number of hydrogen-bond donors (Lipinski definition) is 4. The summed E-state index contributed by atoms with van der Waals surface area (Å²) in [5.41, 5.74) is 3.82. The molecule has 2 aromatic rings. The molecule has 0 unspecified atom stereocenters. The van der Waals surface area contributed by atoms with Crippen LogP contribution >= 0.6 is 0 Å². The van der Waals surface area contributed by atoms with Crippen LogP contribution in [0.5, 0.6) is 0 Å². The summed E-state index contributed by atoms with van der Waals surface area (Å²) >= 11 is 0. The lowest BCUT2D eigenvalue weighted by Gasteiger charge is -2.19. The highest BCUT2D eigenvalue weighted by Crippen LogP contribution is 2.33. The van der Waals surface area contributed by atoms with Crippen molar-refractivity contribution in [1.82, 2.24) is 0 Å². The van der Waals surface area contributed by atoms with Crippen LogP contribution in [0, 0.1) is 0 Å². The van der Waals surface area contributed by atoms with E-state index >= 15 is 0 Å². The smallest absolute Gasteiger partial charge is 0.0691 e. The average Bonchev–Trinajstić information content (AvgIpc) is 2.53. The first-order chi connectivity index (χ1) is 9.76. The second kappa shape index (κ2) is 6.63. The maximum atomic E-state index is 9.62. The van der Waals surface area contributed by atoms with Gasteiger partial charge in [-0.25, -0.2) is 0 Å². The van der Waals surface area contributed by atoms with Crippen LogP contribution in [0.25, 0.3) is 11.1 Å². The molecule has 0 heterocycles. The highest BCUT2D eigenvalue weighted by atomic mass is 16.3. The maximum Gasteiger partial charge on any atom is 0.0691 e. The van der Waals surface area contributed by atoms with E-state index in [9.17, 15) is 20.4 Å². The molecule has 0 aliphatic rings. The number of aliphatic hydroxyl groups is 4. The second-order valence-electron chi connectivity index (χ2n) is 4.53. The van der Waals surface area contributed by atoms with Gasteiger partial charge in [0.15, 0.2) is 0 Å². The summed E-state index contributed by atoms with van der Waals surface area (Å²) < 4.78 is 0. The average molecular weight is 274 g/mol. The Morgan fingerprint density at radius 2 is 1.15 bits per heavy atom. The van der Waals surface area contributed by atoms with E-state index in [1.165, 1.54) is 0 Å². The van der Waals surface area contributed by atoms with E-state index in [0.717, 1.165) is 5.56 Å². The molecule has 0 radical (unpaired) electrons. The van der Waals surface area contributed by atoms with Crippen molar-refractivity contribution in [3.8, 4) is 11.1 Å². The summed E-state index contributed by atoms with van der Waals surface area (Å²) in [6.45, 7) is -0.930. The minimum atomic E-state index is -0.237. The van der Waals surface area contributed by atoms with E-state index in [2.05, 4.69) is 0 Å².